The van der Waals surface area contributed by atoms with Crippen LogP contribution in [0.5, 0.6) is 0 Å². The van der Waals surface area contributed by atoms with Crippen LogP contribution >= 0.6 is 11.5 Å². The Labute approximate surface area is 119 Å². The Bertz CT molecular complexity index is 526. The van der Waals surface area contributed by atoms with Gasteiger partial charge in [-0.2, -0.15) is 0 Å². The second kappa shape index (κ2) is 6.26. The van der Waals surface area contributed by atoms with Gasteiger partial charge in [0.05, 0.1) is 4.88 Å². The maximum atomic E-state index is 4.29. The number of aromatic nitrogens is 2. The van der Waals surface area contributed by atoms with E-state index in [2.05, 4.69) is 60.8 Å². The molecule has 0 aliphatic rings. The van der Waals surface area contributed by atoms with E-state index in [1.54, 1.807) is 0 Å². The van der Waals surface area contributed by atoms with Crippen molar-refractivity contribution >= 4 is 11.5 Å². The van der Waals surface area contributed by atoms with E-state index in [0.717, 1.165) is 18.8 Å². The van der Waals surface area contributed by atoms with Crippen molar-refractivity contribution in [2.45, 2.75) is 34.2 Å². The summed E-state index contributed by atoms with van der Waals surface area (Å²) in [6.45, 7) is 10.5. The predicted octanol–water partition coefficient (Wildman–Crippen LogP) is 3.57. The van der Waals surface area contributed by atoms with E-state index in [1.807, 2.05) is 0 Å². The number of nitrogens with one attached hydrogen (secondary N) is 1. The van der Waals surface area contributed by atoms with E-state index < -0.39 is 0 Å². The number of hydrogen-bond donors (Lipinski definition) is 1. The van der Waals surface area contributed by atoms with Gasteiger partial charge in [0.1, 0.15) is 5.69 Å². The summed E-state index contributed by atoms with van der Waals surface area (Å²) >= 11 is 1.48. The normalized spacial score (nSPS) is 11.2. The van der Waals surface area contributed by atoms with Crippen LogP contribution in [0, 0.1) is 19.8 Å². The van der Waals surface area contributed by atoms with Gasteiger partial charge >= 0.3 is 0 Å². The van der Waals surface area contributed by atoms with Crippen LogP contribution in [0.1, 0.15) is 29.9 Å². The van der Waals surface area contributed by atoms with Crippen molar-refractivity contribution in [3.05, 3.63) is 34.2 Å². The maximum absolute atomic E-state index is 4.29. The van der Waals surface area contributed by atoms with Crippen molar-refractivity contribution in [2.24, 2.45) is 5.92 Å². The summed E-state index contributed by atoms with van der Waals surface area (Å²) in [7, 11) is 0. The Morgan fingerprint density at radius 3 is 2.47 bits per heavy atom. The van der Waals surface area contributed by atoms with Crippen molar-refractivity contribution in [1.82, 2.24) is 14.9 Å². The Morgan fingerprint density at radius 2 is 1.84 bits per heavy atom. The molecule has 1 aromatic heterocycles. The lowest BCUT2D eigenvalue weighted by atomic mass is 10.0. The molecule has 0 saturated heterocycles. The molecule has 4 heteroatoms. The van der Waals surface area contributed by atoms with Crippen LogP contribution in [0.2, 0.25) is 0 Å². The molecule has 3 nitrogen and oxygen atoms in total. The van der Waals surface area contributed by atoms with Crippen LogP contribution in [-0.2, 0) is 6.54 Å². The molecule has 0 saturated carbocycles. The number of nitrogens with zero attached hydrogens (tertiary/aromatic N) is 2. The van der Waals surface area contributed by atoms with Crippen LogP contribution in [-0.4, -0.2) is 16.1 Å². The number of aryl methyl sites for hydroxylation is 2. The highest BCUT2D eigenvalue weighted by molar-refractivity contribution is 7.05. The van der Waals surface area contributed by atoms with Gasteiger partial charge in [0.25, 0.3) is 0 Å². The van der Waals surface area contributed by atoms with Crippen LogP contribution in [0.15, 0.2) is 18.2 Å². The van der Waals surface area contributed by atoms with Crippen molar-refractivity contribution in [2.75, 3.05) is 6.54 Å². The number of rotatable bonds is 5. The first-order valence-electron chi connectivity index (χ1n) is 6.67. The number of hydrogen-bond acceptors (Lipinski definition) is 4. The zero-order chi connectivity index (χ0) is 13.8. The third kappa shape index (κ3) is 3.85. The Kier molecular flexibility index (Phi) is 4.66. The third-order valence-electron chi connectivity index (χ3n) is 2.89. The summed E-state index contributed by atoms with van der Waals surface area (Å²) in [4.78, 5) is 1.21. The Morgan fingerprint density at radius 1 is 1.16 bits per heavy atom. The van der Waals surface area contributed by atoms with Gasteiger partial charge in [-0.05, 0) is 50.0 Å². The minimum atomic E-state index is 0.658. The molecule has 2 rings (SSSR count). The first-order valence-corrected chi connectivity index (χ1v) is 7.44. The Hall–Kier alpha value is -1.26. The molecule has 19 heavy (non-hydrogen) atoms. The first-order chi connectivity index (χ1) is 9.06. The highest BCUT2D eigenvalue weighted by Crippen LogP contribution is 2.25. The molecule has 102 valence electrons. The zero-order valence-electron chi connectivity index (χ0n) is 12.0. The standard InChI is InChI=1S/C15H21N3S/c1-10(2)8-16-9-14-15(17-18-19-14)13-6-11(3)5-12(4)7-13/h5-7,10,16H,8-9H2,1-4H3. The highest BCUT2D eigenvalue weighted by atomic mass is 32.1. The molecule has 0 unspecified atom stereocenters. The van der Waals surface area contributed by atoms with E-state index in [0.29, 0.717) is 5.92 Å². The van der Waals surface area contributed by atoms with E-state index in [-0.39, 0.29) is 0 Å². The molecule has 0 aliphatic heterocycles. The van der Waals surface area contributed by atoms with Crippen LogP contribution in [0.4, 0.5) is 0 Å². The van der Waals surface area contributed by atoms with Gasteiger partial charge in [-0.3, -0.25) is 0 Å². The second-order valence-corrected chi connectivity index (χ2v) is 6.28. The average Bonchev–Trinajstić information content (AvgIpc) is 2.75. The zero-order valence-corrected chi connectivity index (χ0v) is 12.8. The summed E-state index contributed by atoms with van der Waals surface area (Å²) in [5.74, 6) is 0.658. The van der Waals surface area contributed by atoms with Crippen molar-refractivity contribution in [1.29, 1.82) is 0 Å². The molecule has 0 amide bonds. The quantitative estimate of drug-likeness (QED) is 0.906. The smallest absolute Gasteiger partial charge is 0.110 e. The minimum Gasteiger partial charge on any atom is -0.311 e. The Balaban J connectivity index is 2.18. The van der Waals surface area contributed by atoms with Gasteiger partial charge in [0, 0.05) is 12.1 Å². The summed E-state index contributed by atoms with van der Waals surface area (Å²) < 4.78 is 4.11. The fraction of sp³-hybridized carbons (Fsp3) is 0.467. The molecular formula is C15H21N3S. The van der Waals surface area contributed by atoms with Crippen LogP contribution < -0.4 is 5.32 Å². The molecule has 1 N–H and O–H groups in total. The predicted molar refractivity (Wildman–Crippen MR) is 81.4 cm³/mol. The van der Waals surface area contributed by atoms with Crippen molar-refractivity contribution in [3.63, 3.8) is 0 Å². The van der Waals surface area contributed by atoms with E-state index >= 15 is 0 Å². The van der Waals surface area contributed by atoms with Crippen molar-refractivity contribution in [3.8, 4) is 11.3 Å². The molecule has 2 aromatic rings. The summed E-state index contributed by atoms with van der Waals surface area (Å²) in [6, 6.07) is 6.53. The summed E-state index contributed by atoms with van der Waals surface area (Å²) in [6.07, 6.45) is 0. The van der Waals surface area contributed by atoms with Gasteiger partial charge in [-0.15, -0.1) is 5.10 Å². The first kappa shape index (κ1) is 14.2. The van der Waals surface area contributed by atoms with E-state index in [4.69, 9.17) is 0 Å². The van der Waals surface area contributed by atoms with Crippen molar-refractivity contribution < 1.29 is 0 Å². The van der Waals surface area contributed by atoms with Gasteiger partial charge in [-0.25, -0.2) is 0 Å². The highest BCUT2D eigenvalue weighted by Gasteiger charge is 2.11. The lowest BCUT2D eigenvalue weighted by Crippen LogP contribution is -2.18. The number of benzene rings is 1. The van der Waals surface area contributed by atoms with Crippen LogP contribution in [0.3, 0.4) is 0 Å². The monoisotopic (exact) mass is 275 g/mol. The molecule has 1 aromatic carbocycles. The molecule has 0 bridgehead atoms. The molecule has 0 fully saturated rings. The lowest BCUT2D eigenvalue weighted by molar-refractivity contribution is 0.555. The molecule has 1 heterocycles. The largest absolute Gasteiger partial charge is 0.311 e. The molecule has 0 spiro atoms. The summed E-state index contributed by atoms with van der Waals surface area (Å²) in [5.41, 5.74) is 4.73. The molecule has 0 aliphatic carbocycles. The molecular weight excluding hydrogens is 254 g/mol. The fourth-order valence-electron chi connectivity index (χ4n) is 2.13. The van der Waals surface area contributed by atoms with Gasteiger partial charge < -0.3 is 5.32 Å². The third-order valence-corrected chi connectivity index (χ3v) is 3.61. The molecule has 0 radical (unpaired) electrons. The van der Waals surface area contributed by atoms with E-state index in [1.165, 1.54) is 33.1 Å². The topological polar surface area (TPSA) is 37.8 Å². The SMILES string of the molecule is Cc1cc(C)cc(-c2nnsc2CNCC(C)C)c1. The lowest BCUT2D eigenvalue weighted by Gasteiger charge is -2.07. The molecule has 0 atom stereocenters. The fourth-order valence-corrected chi connectivity index (χ4v) is 2.76. The summed E-state index contributed by atoms with van der Waals surface area (Å²) in [5, 5.41) is 7.75. The van der Waals surface area contributed by atoms with E-state index in [9.17, 15) is 0 Å². The second-order valence-electron chi connectivity index (χ2n) is 5.45. The van der Waals surface area contributed by atoms with Gasteiger partial charge in [-0.1, -0.05) is 35.5 Å². The van der Waals surface area contributed by atoms with Gasteiger partial charge in [0.15, 0.2) is 0 Å². The van der Waals surface area contributed by atoms with Crippen LogP contribution in [0.25, 0.3) is 11.3 Å². The van der Waals surface area contributed by atoms with Gasteiger partial charge in [0.2, 0.25) is 0 Å². The average molecular weight is 275 g/mol. The maximum Gasteiger partial charge on any atom is 0.110 e. The minimum absolute atomic E-state index is 0.658.